The van der Waals surface area contributed by atoms with Gasteiger partial charge in [-0.05, 0) is 30.2 Å². The van der Waals surface area contributed by atoms with Crippen LogP contribution >= 0.6 is 0 Å². The first-order valence-electron chi connectivity index (χ1n) is 7.14. The topological polar surface area (TPSA) is 67.8 Å². The van der Waals surface area contributed by atoms with E-state index in [0.717, 1.165) is 17.1 Å². The molecule has 0 aromatic heterocycles. The lowest BCUT2D eigenvalue weighted by atomic mass is 10.1. The average Bonchev–Trinajstić information content (AvgIpc) is 2.97. The molecule has 3 rings (SSSR count). The van der Waals surface area contributed by atoms with Gasteiger partial charge in [0.15, 0.2) is 11.5 Å². The molecule has 22 heavy (non-hydrogen) atoms. The Bertz CT molecular complexity index is 684. The summed E-state index contributed by atoms with van der Waals surface area (Å²) in [5, 5.41) is 12.5. The fraction of sp³-hybridized carbons (Fsp3) is 0.235. The summed E-state index contributed by atoms with van der Waals surface area (Å²) in [7, 11) is 0. The number of aromatic hydroxyl groups is 1. The molecule has 5 heteroatoms. The number of nitrogens with one attached hydrogen (secondary N) is 1. The van der Waals surface area contributed by atoms with Crippen LogP contribution in [0.1, 0.15) is 11.1 Å². The number of fused-ring (bicyclic) bond motifs is 1. The SMILES string of the molecule is O=C(Cc1ccccc1O)NCCc1ccc2c(c1)OCO2. The van der Waals surface area contributed by atoms with Crippen LogP contribution in [-0.4, -0.2) is 24.4 Å². The molecule has 2 aromatic rings. The van der Waals surface area contributed by atoms with Crippen molar-refractivity contribution in [3.05, 3.63) is 53.6 Å². The number of hydrogen-bond acceptors (Lipinski definition) is 4. The highest BCUT2D eigenvalue weighted by atomic mass is 16.7. The Morgan fingerprint density at radius 3 is 2.82 bits per heavy atom. The first-order chi connectivity index (χ1) is 10.7. The minimum absolute atomic E-state index is 0.109. The highest BCUT2D eigenvalue weighted by molar-refractivity contribution is 5.79. The zero-order valence-electron chi connectivity index (χ0n) is 12.0. The number of para-hydroxylation sites is 1. The molecular formula is C17H17NO4. The van der Waals surface area contributed by atoms with E-state index in [1.54, 1.807) is 24.3 Å². The van der Waals surface area contributed by atoms with Gasteiger partial charge in [-0.3, -0.25) is 4.79 Å². The third kappa shape index (κ3) is 3.31. The van der Waals surface area contributed by atoms with Crippen molar-refractivity contribution < 1.29 is 19.4 Å². The minimum Gasteiger partial charge on any atom is -0.508 e. The quantitative estimate of drug-likeness (QED) is 0.886. The molecule has 0 saturated carbocycles. The van der Waals surface area contributed by atoms with E-state index in [1.807, 2.05) is 18.2 Å². The lowest BCUT2D eigenvalue weighted by Gasteiger charge is -2.07. The number of benzene rings is 2. The number of phenolic OH excluding ortho intramolecular Hbond substituents is 1. The van der Waals surface area contributed by atoms with Crippen LogP contribution in [0.15, 0.2) is 42.5 Å². The third-order valence-corrected chi connectivity index (χ3v) is 3.52. The molecule has 1 amide bonds. The number of carbonyl (C=O) groups excluding carboxylic acids is 1. The fourth-order valence-electron chi connectivity index (χ4n) is 2.34. The number of ether oxygens (including phenoxy) is 2. The van der Waals surface area contributed by atoms with Gasteiger partial charge < -0.3 is 19.9 Å². The maximum Gasteiger partial charge on any atom is 0.231 e. The molecule has 0 spiro atoms. The van der Waals surface area contributed by atoms with Gasteiger partial charge in [0, 0.05) is 12.1 Å². The van der Waals surface area contributed by atoms with Crippen molar-refractivity contribution in [1.82, 2.24) is 5.32 Å². The van der Waals surface area contributed by atoms with Crippen molar-refractivity contribution in [3.8, 4) is 17.2 Å². The Balaban J connectivity index is 1.49. The molecule has 0 saturated heterocycles. The molecule has 1 heterocycles. The van der Waals surface area contributed by atoms with Crippen LogP contribution < -0.4 is 14.8 Å². The van der Waals surface area contributed by atoms with Gasteiger partial charge in [-0.1, -0.05) is 24.3 Å². The molecule has 0 aliphatic carbocycles. The molecule has 2 aromatic carbocycles. The molecule has 114 valence electrons. The summed E-state index contributed by atoms with van der Waals surface area (Å²) in [6.07, 6.45) is 0.886. The van der Waals surface area contributed by atoms with Crippen LogP contribution in [-0.2, 0) is 17.6 Å². The normalized spacial score (nSPS) is 12.2. The molecule has 0 fully saturated rings. The van der Waals surface area contributed by atoms with E-state index in [4.69, 9.17) is 9.47 Å². The first-order valence-corrected chi connectivity index (χ1v) is 7.14. The van der Waals surface area contributed by atoms with Crippen molar-refractivity contribution in [3.63, 3.8) is 0 Å². The predicted octanol–water partition coefficient (Wildman–Crippen LogP) is 2.02. The Hall–Kier alpha value is -2.69. The Morgan fingerprint density at radius 2 is 1.95 bits per heavy atom. The second kappa shape index (κ2) is 6.39. The summed E-state index contributed by atoms with van der Waals surface area (Å²) in [5.74, 6) is 1.54. The summed E-state index contributed by atoms with van der Waals surface area (Å²) in [6.45, 7) is 0.794. The molecule has 0 bridgehead atoms. The molecule has 1 aliphatic heterocycles. The van der Waals surface area contributed by atoms with E-state index in [9.17, 15) is 9.90 Å². The smallest absolute Gasteiger partial charge is 0.231 e. The van der Waals surface area contributed by atoms with E-state index in [0.29, 0.717) is 18.5 Å². The van der Waals surface area contributed by atoms with Gasteiger partial charge in [0.2, 0.25) is 12.7 Å². The first kappa shape index (κ1) is 14.3. The van der Waals surface area contributed by atoms with E-state index < -0.39 is 0 Å². The molecular weight excluding hydrogens is 282 g/mol. The van der Waals surface area contributed by atoms with Crippen LogP contribution in [0, 0.1) is 0 Å². The number of hydrogen-bond donors (Lipinski definition) is 2. The van der Waals surface area contributed by atoms with Gasteiger partial charge in [-0.2, -0.15) is 0 Å². The number of carbonyl (C=O) groups is 1. The molecule has 0 unspecified atom stereocenters. The van der Waals surface area contributed by atoms with Crippen molar-refractivity contribution in [1.29, 1.82) is 0 Å². The second-order valence-electron chi connectivity index (χ2n) is 5.09. The van der Waals surface area contributed by atoms with E-state index in [2.05, 4.69) is 5.32 Å². The zero-order chi connectivity index (χ0) is 15.4. The maximum atomic E-state index is 11.9. The van der Waals surface area contributed by atoms with Crippen LogP contribution in [0.4, 0.5) is 0 Å². The zero-order valence-corrected chi connectivity index (χ0v) is 12.0. The minimum atomic E-state index is -0.109. The van der Waals surface area contributed by atoms with Crippen molar-refractivity contribution in [2.45, 2.75) is 12.8 Å². The van der Waals surface area contributed by atoms with Gasteiger partial charge in [-0.15, -0.1) is 0 Å². The number of amides is 1. The summed E-state index contributed by atoms with van der Waals surface area (Å²) < 4.78 is 10.6. The van der Waals surface area contributed by atoms with Gasteiger partial charge >= 0.3 is 0 Å². The van der Waals surface area contributed by atoms with Crippen molar-refractivity contribution in [2.24, 2.45) is 0 Å². The lowest BCUT2D eigenvalue weighted by Crippen LogP contribution is -2.27. The summed E-state index contributed by atoms with van der Waals surface area (Å²) in [6, 6.07) is 12.6. The van der Waals surface area contributed by atoms with Gasteiger partial charge in [0.05, 0.1) is 6.42 Å². The van der Waals surface area contributed by atoms with E-state index >= 15 is 0 Å². The molecule has 0 radical (unpaired) electrons. The Morgan fingerprint density at radius 1 is 1.14 bits per heavy atom. The summed E-state index contributed by atoms with van der Waals surface area (Å²) in [5.41, 5.74) is 1.70. The highest BCUT2D eigenvalue weighted by Gasteiger charge is 2.13. The lowest BCUT2D eigenvalue weighted by molar-refractivity contribution is -0.120. The highest BCUT2D eigenvalue weighted by Crippen LogP contribution is 2.32. The second-order valence-corrected chi connectivity index (χ2v) is 5.09. The van der Waals surface area contributed by atoms with Gasteiger partial charge in [-0.25, -0.2) is 0 Å². The molecule has 0 atom stereocenters. The van der Waals surface area contributed by atoms with Crippen LogP contribution in [0.25, 0.3) is 0 Å². The van der Waals surface area contributed by atoms with Crippen LogP contribution in [0.2, 0.25) is 0 Å². The summed E-state index contributed by atoms with van der Waals surface area (Å²) >= 11 is 0. The van der Waals surface area contributed by atoms with E-state index in [-0.39, 0.29) is 24.9 Å². The van der Waals surface area contributed by atoms with Crippen molar-refractivity contribution >= 4 is 5.91 Å². The molecule has 2 N–H and O–H groups in total. The van der Waals surface area contributed by atoms with Gasteiger partial charge in [0.25, 0.3) is 0 Å². The van der Waals surface area contributed by atoms with Crippen LogP contribution in [0.5, 0.6) is 17.2 Å². The maximum absolute atomic E-state index is 11.9. The van der Waals surface area contributed by atoms with Gasteiger partial charge in [0.1, 0.15) is 5.75 Å². The Labute approximate surface area is 128 Å². The van der Waals surface area contributed by atoms with E-state index in [1.165, 1.54) is 0 Å². The Kier molecular flexibility index (Phi) is 4.14. The number of phenols is 1. The van der Waals surface area contributed by atoms with Crippen molar-refractivity contribution in [2.75, 3.05) is 13.3 Å². The third-order valence-electron chi connectivity index (χ3n) is 3.52. The monoisotopic (exact) mass is 299 g/mol. The standard InChI is InChI=1S/C17H17NO4/c19-14-4-2-1-3-13(14)10-17(20)18-8-7-12-5-6-15-16(9-12)22-11-21-15/h1-6,9,19H,7-8,10-11H2,(H,18,20). The largest absolute Gasteiger partial charge is 0.508 e. The molecule has 5 nitrogen and oxygen atoms in total. The summed E-state index contributed by atoms with van der Waals surface area (Å²) in [4.78, 5) is 11.9. The number of rotatable bonds is 5. The fourth-order valence-corrected chi connectivity index (χ4v) is 2.34. The molecule has 1 aliphatic rings. The van der Waals surface area contributed by atoms with Crippen LogP contribution in [0.3, 0.4) is 0 Å². The average molecular weight is 299 g/mol. The predicted molar refractivity (Wildman–Crippen MR) is 81.1 cm³/mol.